The maximum Gasteiger partial charge on any atom is 0.239 e. The standard InChI is InChI=1S/C20H31N3O2/c1-5-18-14-23(16(3)24)12-11-19(18)21-15(2)20(25)22(4)13-17-9-7-6-8-10-17/h6-10,15,18-19,21H,5,11-14H2,1-4H3/t15-,18-,19+/m1/s1. The van der Waals surface area contributed by atoms with Crippen LogP contribution < -0.4 is 5.32 Å². The monoisotopic (exact) mass is 345 g/mol. The second kappa shape index (κ2) is 8.99. The van der Waals surface area contributed by atoms with Crippen molar-refractivity contribution in [1.82, 2.24) is 15.1 Å². The first-order chi connectivity index (χ1) is 11.9. The number of benzene rings is 1. The van der Waals surface area contributed by atoms with Crippen molar-refractivity contribution in [3.63, 3.8) is 0 Å². The van der Waals surface area contributed by atoms with Crippen molar-refractivity contribution in [1.29, 1.82) is 0 Å². The lowest BCUT2D eigenvalue weighted by atomic mass is 9.89. The summed E-state index contributed by atoms with van der Waals surface area (Å²) in [5, 5.41) is 3.52. The summed E-state index contributed by atoms with van der Waals surface area (Å²) in [5.41, 5.74) is 1.13. The number of amides is 2. The van der Waals surface area contributed by atoms with Crippen molar-refractivity contribution in [2.75, 3.05) is 20.1 Å². The summed E-state index contributed by atoms with van der Waals surface area (Å²) in [6.45, 7) is 7.89. The van der Waals surface area contributed by atoms with Crippen molar-refractivity contribution in [3.8, 4) is 0 Å². The van der Waals surface area contributed by atoms with Gasteiger partial charge in [0.05, 0.1) is 6.04 Å². The minimum absolute atomic E-state index is 0.104. The van der Waals surface area contributed by atoms with Gasteiger partial charge in [-0.1, -0.05) is 43.7 Å². The Balaban J connectivity index is 1.90. The highest BCUT2D eigenvalue weighted by Crippen LogP contribution is 2.21. The minimum Gasteiger partial charge on any atom is -0.343 e. The first kappa shape index (κ1) is 19.4. The minimum atomic E-state index is -0.225. The molecule has 1 aromatic rings. The van der Waals surface area contributed by atoms with Crippen LogP contribution in [0.1, 0.15) is 39.2 Å². The molecule has 1 fully saturated rings. The molecule has 0 unspecified atom stereocenters. The predicted octanol–water partition coefficient (Wildman–Crippen LogP) is 2.27. The van der Waals surface area contributed by atoms with E-state index in [0.717, 1.165) is 31.5 Å². The molecule has 1 aliphatic rings. The normalized spacial score (nSPS) is 21.7. The molecule has 5 nitrogen and oxygen atoms in total. The third-order valence-corrected chi connectivity index (χ3v) is 5.18. The summed E-state index contributed by atoms with van der Waals surface area (Å²) in [6.07, 6.45) is 1.90. The smallest absolute Gasteiger partial charge is 0.239 e. The van der Waals surface area contributed by atoms with Gasteiger partial charge in [0.25, 0.3) is 0 Å². The first-order valence-electron chi connectivity index (χ1n) is 9.22. The Bertz CT molecular complexity index is 576. The Hall–Kier alpha value is -1.88. The molecule has 0 aliphatic carbocycles. The quantitative estimate of drug-likeness (QED) is 0.860. The Labute approximate surface area is 151 Å². The van der Waals surface area contributed by atoms with Gasteiger partial charge in [0, 0.05) is 39.6 Å². The largest absolute Gasteiger partial charge is 0.343 e. The van der Waals surface area contributed by atoms with Crippen LogP contribution in [0.15, 0.2) is 30.3 Å². The topological polar surface area (TPSA) is 52.7 Å². The van der Waals surface area contributed by atoms with Gasteiger partial charge in [0.1, 0.15) is 0 Å². The Morgan fingerprint density at radius 3 is 2.60 bits per heavy atom. The molecule has 1 aromatic carbocycles. The number of rotatable bonds is 6. The number of likely N-dealkylation sites (tertiary alicyclic amines) is 1. The fourth-order valence-corrected chi connectivity index (χ4v) is 3.61. The number of carbonyl (C=O) groups is 2. The van der Waals surface area contributed by atoms with E-state index in [-0.39, 0.29) is 23.9 Å². The fraction of sp³-hybridized carbons (Fsp3) is 0.600. The predicted molar refractivity (Wildman–Crippen MR) is 100.0 cm³/mol. The summed E-state index contributed by atoms with van der Waals surface area (Å²) < 4.78 is 0. The highest BCUT2D eigenvalue weighted by molar-refractivity contribution is 5.81. The van der Waals surface area contributed by atoms with Gasteiger partial charge in [0.2, 0.25) is 11.8 Å². The van der Waals surface area contributed by atoms with Crippen molar-refractivity contribution in [2.24, 2.45) is 5.92 Å². The van der Waals surface area contributed by atoms with Crippen LogP contribution in [-0.2, 0) is 16.1 Å². The molecule has 0 aromatic heterocycles. The van der Waals surface area contributed by atoms with Gasteiger partial charge in [-0.3, -0.25) is 9.59 Å². The lowest BCUT2D eigenvalue weighted by Gasteiger charge is -2.39. The third kappa shape index (κ3) is 5.30. The summed E-state index contributed by atoms with van der Waals surface area (Å²) in [5.74, 6) is 0.642. The van der Waals surface area contributed by atoms with Gasteiger partial charge in [0.15, 0.2) is 0 Å². The van der Waals surface area contributed by atoms with Gasteiger partial charge in [-0.15, -0.1) is 0 Å². The zero-order chi connectivity index (χ0) is 18.4. The SMILES string of the molecule is CC[C@@H]1CN(C(C)=O)CC[C@@H]1N[C@H](C)C(=O)N(C)Cc1ccccc1. The van der Waals surface area contributed by atoms with E-state index >= 15 is 0 Å². The molecule has 1 heterocycles. The number of hydrogen-bond acceptors (Lipinski definition) is 3. The van der Waals surface area contributed by atoms with Crippen molar-refractivity contribution < 1.29 is 9.59 Å². The molecule has 0 bridgehead atoms. The third-order valence-electron chi connectivity index (χ3n) is 5.18. The van der Waals surface area contributed by atoms with Gasteiger partial charge in [-0.2, -0.15) is 0 Å². The number of likely N-dealkylation sites (N-methyl/N-ethyl adjacent to an activating group) is 1. The van der Waals surface area contributed by atoms with Crippen LogP contribution in [-0.4, -0.2) is 53.8 Å². The summed E-state index contributed by atoms with van der Waals surface area (Å²) >= 11 is 0. The van der Waals surface area contributed by atoms with E-state index in [1.165, 1.54) is 0 Å². The van der Waals surface area contributed by atoms with Crippen molar-refractivity contribution >= 4 is 11.8 Å². The molecule has 1 N–H and O–H groups in total. The number of hydrogen-bond donors (Lipinski definition) is 1. The summed E-state index contributed by atoms with van der Waals surface area (Å²) in [7, 11) is 1.85. The van der Waals surface area contributed by atoms with Crippen LogP contribution in [0.2, 0.25) is 0 Å². The first-order valence-corrected chi connectivity index (χ1v) is 9.22. The second-order valence-corrected chi connectivity index (χ2v) is 7.10. The van der Waals surface area contributed by atoms with E-state index in [0.29, 0.717) is 12.5 Å². The summed E-state index contributed by atoms with van der Waals surface area (Å²) in [4.78, 5) is 28.0. The molecule has 2 rings (SSSR count). The van der Waals surface area contributed by atoms with Crippen molar-refractivity contribution in [2.45, 2.75) is 52.2 Å². The lowest BCUT2D eigenvalue weighted by molar-refractivity contribution is -0.134. The molecule has 3 atom stereocenters. The molecule has 25 heavy (non-hydrogen) atoms. The Kier molecular flexibility index (Phi) is 7.00. The molecular weight excluding hydrogens is 314 g/mol. The zero-order valence-corrected chi connectivity index (χ0v) is 15.9. The van der Waals surface area contributed by atoms with E-state index in [4.69, 9.17) is 0 Å². The van der Waals surface area contributed by atoms with Crippen LogP contribution in [0.25, 0.3) is 0 Å². The zero-order valence-electron chi connectivity index (χ0n) is 15.9. The van der Waals surface area contributed by atoms with E-state index in [2.05, 4.69) is 12.2 Å². The maximum absolute atomic E-state index is 12.7. The molecule has 138 valence electrons. The van der Waals surface area contributed by atoms with Gasteiger partial charge in [-0.05, 0) is 24.8 Å². The van der Waals surface area contributed by atoms with Crippen LogP contribution in [0.4, 0.5) is 0 Å². The second-order valence-electron chi connectivity index (χ2n) is 7.10. The number of nitrogens with one attached hydrogen (secondary N) is 1. The van der Waals surface area contributed by atoms with Gasteiger partial charge >= 0.3 is 0 Å². The molecule has 0 saturated carbocycles. The summed E-state index contributed by atoms with van der Waals surface area (Å²) in [6, 6.07) is 10.1. The molecule has 0 spiro atoms. The van der Waals surface area contributed by atoms with E-state index in [1.807, 2.05) is 49.2 Å². The lowest BCUT2D eigenvalue weighted by Crippen LogP contribution is -2.55. The molecule has 1 saturated heterocycles. The van der Waals surface area contributed by atoms with Gasteiger partial charge in [-0.25, -0.2) is 0 Å². The van der Waals surface area contributed by atoms with Crippen LogP contribution in [0, 0.1) is 5.92 Å². The molecular formula is C20H31N3O2. The average Bonchev–Trinajstić information content (AvgIpc) is 2.61. The number of nitrogens with zero attached hydrogens (tertiary/aromatic N) is 2. The van der Waals surface area contributed by atoms with E-state index < -0.39 is 0 Å². The molecule has 2 amide bonds. The fourth-order valence-electron chi connectivity index (χ4n) is 3.61. The van der Waals surface area contributed by atoms with Crippen LogP contribution in [0.5, 0.6) is 0 Å². The Morgan fingerprint density at radius 1 is 1.32 bits per heavy atom. The maximum atomic E-state index is 12.7. The average molecular weight is 345 g/mol. The highest BCUT2D eigenvalue weighted by Gasteiger charge is 2.31. The molecule has 5 heteroatoms. The Morgan fingerprint density at radius 2 is 2.00 bits per heavy atom. The number of carbonyl (C=O) groups excluding carboxylic acids is 2. The molecule has 0 radical (unpaired) electrons. The number of piperidine rings is 1. The van der Waals surface area contributed by atoms with Crippen molar-refractivity contribution in [3.05, 3.63) is 35.9 Å². The van der Waals surface area contributed by atoms with Crippen LogP contribution >= 0.6 is 0 Å². The van der Waals surface area contributed by atoms with Crippen LogP contribution in [0.3, 0.4) is 0 Å². The highest BCUT2D eigenvalue weighted by atomic mass is 16.2. The van der Waals surface area contributed by atoms with E-state index in [1.54, 1.807) is 11.8 Å². The van der Waals surface area contributed by atoms with Gasteiger partial charge < -0.3 is 15.1 Å². The molecule has 1 aliphatic heterocycles. The van der Waals surface area contributed by atoms with E-state index in [9.17, 15) is 9.59 Å².